The molecule has 0 aromatic heterocycles. The summed E-state index contributed by atoms with van der Waals surface area (Å²) in [6.45, 7) is 1.96. The second kappa shape index (κ2) is 3.95. The first kappa shape index (κ1) is 8.79. The smallest absolute Gasteiger partial charge is 0.249 e. The highest BCUT2D eigenvalue weighted by Crippen LogP contribution is 2.21. The summed E-state index contributed by atoms with van der Waals surface area (Å²) >= 11 is 0. The zero-order valence-corrected chi connectivity index (χ0v) is 8.09. The molecule has 13 heavy (non-hydrogen) atoms. The van der Waals surface area contributed by atoms with Crippen LogP contribution in [0.4, 0.5) is 0 Å². The number of nitrogens with zero attached hydrogens (tertiary/aromatic N) is 1. The Balaban J connectivity index is 1.98. The minimum Gasteiger partial charge on any atom is -0.339 e. The largest absolute Gasteiger partial charge is 0.339 e. The average molecular weight is 179 g/mol. The quantitative estimate of drug-likeness (QED) is 0.603. The van der Waals surface area contributed by atoms with Crippen molar-refractivity contribution >= 4 is 5.91 Å². The van der Waals surface area contributed by atoms with E-state index >= 15 is 0 Å². The number of likely N-dealkylation sites (tertiary alicyclic amines) is 1. The van der Waals surface area contributed by atoms with Gasteiger partial charge in [-0.25, -0.2) is 0 Å². The minimum absolute atomic E-state index is 0.317. The molecule has 1 heterocycles. The van der Waals surface area contributed by atoms with Crippen LogP contribution in [-0.2, 0) is 4.79 Å². The van der Waals surface area contributed by atoms with E-state index in [9.17, 15) is 4.79 Å². The number of amides is 1. The molecule has 0 atom stereocenters. The molecule has 2 nitrogen and oxygen atoms in total. The molecule has 1 saturated heterocycles. The van der Waals surface area contributed by atoms with Gasteiger partial charge in [0, 0.05) is 18.7 Å². The maximum atomic E-state index is 11.9. The SMILES string of the molecule is O=C(C1=CCCCC1)N1CCCC1. The number of hydrogen-bond donors (Lipinski definition) is 0. The molecule has 2 heteroatoms. The second-order valence-electron chi connectivity index (χ2n) is 3.97. The standard InChI is InChI=1S/C11H17NO/c13-11(12-8-4-5-9-12)10-6-2-1-3-7-10/h6H,1-5,7-9H2. The Labute approximate surface area is 79.6 Å². The lowest BCUT2D eigenvalue weighted by Gasteiger charge is -2.19. The predicted octanol–water partition coefficient (Wildman–Crippen LogP) is 2.11. The number of carbonyl (C=O) groups is 1. The normalized spacial score (nSPS) is 23.1. The molecule has 1 aliphatic heterocycles. The van der Waals surface area contributed by atoms with Crippen LogP contribution in [-0.4, -0.2) is 23.9 Å². The summed E-state index contributed by atoms with van der Waals surface area (Å²) in [5.41, 5.74) is 1.08. The summed E-state index contributed by atoms with van der Waals surface area (Å²) in [4.78, 5) is 13.9. The third kappa shape index (κ3) is 1.93. The molecule has 72 valence electrons. The van der Waals surface area contributed by atoms with Gasteiger partial charge in [-0.15, -0.1) is 0 Å². The van der Waals surface area contributed by atoms with Gasteiger partial charge in [0.2, 0.25) is 5.91 Å². The van der Waals surface area contributed by atoms with Gasteiger partial charge in [0.05, 0.1) is 0 Å². The lowest BCUT2D eigenvalue weighted by molar-refractivity contribution is -0.126. The van der Waals surface area contributed by atoms with Crippen LogP contribution in [0, 0.1) is 0 Å². The molecular weight excluding hydrogens is 162 g/mol. The summed E-state index contributed by atoms with van der Waals surface area (Å²) in [5.74, 6) is 0.317. The summed E-state index contributed by atoms with van der Waals surface area (Å²) in [6, 6.07) is 0. The van der Waals surface area contributed by atoms with Gasteiger partial charge in [-0.3, -0.25) is 4.79 Å². The number of allylic oxidation sites excluding steroid dienone is 1. The lowest BCUT2D eigenvalue weighted by atomic mass is 9.99. The highest BCUT2D eigenvalue weighted by Gasteiger charge is 2.21. The van der Waals surface area contributed by atoms with Crippen molar-refractivity contribution in [3.05, 3.63) is 11.6 Å². The summed E-state index contributed by atoms with van der Waals surface area (Å²) in [6.07, 6.45) is 9.11. The van der Waals surface area contributed by atoms with Crippen LogP contribution in [0.2, 0.25) is 0 Å². The molecule has 0 radical (unpaired) electrons. The van der Waals surface area contributed by atoms with E-state index in [0.717, 1.165) is 31.5 Å². The van der Waals surface area contributed by atoms with Crippen molar-refractivity contribution in [1.82, 2.24) is 4.90 Å². The number of rotatable bonds is 1. The van der Waals surface area contributed by atoms with E-state index in [2.05, 4.69) is 6.08 Å². The molecule has 0 aromatic carbocycles. The van der Waals surface area contributed by atoms with Crippen molar-refractivity contribution in [2.45, 2.75) is 38.5 Å². The Kier molecular flexibility index (Phi) is 2.67. The zero-order chi connectivity index (χ0) is 9.10. The van der Waals surface area contributed by atoms with Crippen LogP contribution in [0.15, 0.2) is 11.6 Å². The molecule has 0 saturated carbocycles. The first-order valence-electron chi connectivity index (χ1n) is 5.36. The Morgan fingerprint density at radius 3 is 2.54 bits per heavy atom. The van der Waals surface area contributed by atoms with Gasteiger partial charge in [0.1, 0.15) is 0 Å². The van der Waals surface area contributed by atoms with Gasteiger partial charge in [-0.2, -0.15) is 0 Å². The van der Waals surface area contributed by atoms with E-state index < -0.39 is 0 Å². The first-order valence-corrected chi connectivity index (χ1v) is 5.36. The number of carbonyl (C=O) groups excluding carboxylic acids is 1. The van der Waals surface area contributed by atoms with Crippen LogP contribution in [0.1, 0.15) is 38.5 Å². The van der Waals surface area contributed by atoms with E-state index in [1.165, 1.54) is 25.7 Å². The Bertz CT molecular complexity index is 226. The summed E-state index contributed by atoms with van der Waals surface area (Å²) in [7, 11) is 0. The van der Waals surface area contributed by atoms with Crippen molar-refractivity contribution in [2.75, 3.05) is 13.1 Å². The molecule has 0 N–H and O–H groups in total. The van der Waals surface area contributed by atoms with Crippen molar-refractivity contribution < 1.29 is 4.79 Å². The molecule has 1 aliphatic carbocycles. The van der Waals surface area contributed by atoms with E-state index in [4.69, 9.17) is 0 Å². The molecule has 0 unspecified atom stereocenters. The molecule has 2 rings (SSSR count). The Morgan fingerprint density at radius 2 is 1.92 bits per heavy atom. The fourth-order valence-corrected chi connectivity index (χ4v) is 2.16. The third-order valence-corrected chi connectivity index (χ3v) is 2.96. The van der Waals surface area contributed by atoms with Gasteiger partial charge >= 0.3 is 0 Å². The fourth-order valence-electron chi connectivity index (χ4n) is 2.16. The molecule has 0 spiro atoms. The molecule has 2 aliphatic rings. The molecule has 0 aromatic rings. The fraction of sp³-hybridized carbons (Fsp3) is 0.727. The van der Waals surface area contributed by atoms with Gasteiger partial charge in [-0.05, 0) is 38.5 Å². The summed E-state index contributed by atoms with van der Waals surface area (Å²) < 4.78 is 0. The monoisotopic (exact) mass is 179 g/mol. The minimum atomic E-state index is 0.317. The van der Waals surface area contributed by atoms with Gasteiger partial charge in [0.15, 0.2) is 0 Å². The van der Waals surface area contributed by atoms with Crippen LogP contribution >= 0.6 is 0 Å². The van der Waals surface area contributed by atoms with Gasteiger partial charge in [-0.1, -0.05) is 6.08 Å². The molecular formula is C11H17NO. The van der Waals surface area contributed by atoms with Crippen molar-refractivity contribution in [3.8, 4) is 0 Å². The van der Waals surface area contributed by atoms with E-state index in [0.29, 0.717) is 5.91 Å². The van der Waals surface area contributed by atoms with Crippen LogP contribution in [0.3, 0.4) is 0 Å². The maximum Gasteiger partial charge on any atom is 0.249 e. The van der Waals surface area contributed by atoms with Crippen molar-refractivity contribution in [3.63, 3.8) is 0 Å². The predicted molar refractivity (Wildman–Crippen MR) is 52.4 cm³/mol. The van der Waals surface area contributed by atoms with Gasteiger partial charge < -0.3 is 4.90 Å². The third-order valence-electron chi connectivity index (χ3n) is 2.96. The van der Waals surface area contributed by atoms with E-state index in [-0.39, 0.29) is 0 Å². The Hall–Kier alpha value is -0.790. The summed E-state index contributed by atoms with van der Waals surface area (Å²) in [5, 5.41) is 0. The zero-order valence-electron chi connectivity index (χ0n) is 8.09. The lowest BCUT2D eigenvalue weighted by Crippen LogP contribution is -2.29. The highest BCUT2D eigenvalue weighted by atomic mass is 16.2. The van der Waals surface area contributed by atoms with E-state index in [1.54, 1.807) is 0 Å². The van der Waals surface area contributed by atoms with Crippen LogP contribution in [0.25, 0.3) is 0 Å². The average Bonchev–Trinajstić information content (AvgIpc) is 2.71. The topological polar surface area (TPSA) is 20.3 Å². The van der Waals surface area contributed by atoms with Crippen molar-refractivity contribution in [1.29, 1.82) is 0 Å². The first-order chi connectivity index (χ1) is 6.38. The molecule has 1 fully saturated rings. The van der Waals surface area contributed by atoms with Gasteiger partial charge in [0.25, 0.3) is 0 Å². The number of hydrogen-bond acceptors (Lipinski definition) is 1. The molecule has 0 bridgehead atoms. The molecule has 1 amide bonds. The Morgan fingerprint density at radius 1 is 1.15 bits per heavy atom. The van der Waals surface area contributed by atoms with Crippen LogP contribution < -0.4 is 0 Å². The van der Waals surface area contributed by atoms with E-state index in [1.807, 2.05) is 4.90 Å². The second-order valence-corrected chi connectivity index (χ2v) is 3.97. The highest BCUT2D eigenvalue weighted by molar-refractivity contribution is 5.93. The van der Waals surface area contributed by atoms with Crippen molar-refractivity contribution in [2.24, 2.45) is 0 Å². The maximum absolute atomic E-state index is 11.9. The van der Waals surface area contributed by atoms with Crippen LogP contribution in [0.5, 0.6) is 0 Å².